The summed E-state index contributed by atoms with van der Waals surface area (Å²) in [7, 11) is 0. The minimum absolute atomic E-state index is 0.0427. The van der Waals surface area contributed by atoms with E-state index in [-0.39, 0.29) is 18.0 Å². The predicted octanol–water partition coefficient (Wildman–Crippen LogP) is 1.82. The van der Waals surface area contributed by atoms with Gasteiger partial charge >= 0.3 is 0 Å². The van der Waals surface area contributed by atoms with Crippen LogP contribution in [0.15, 0.2) is 24.3 Å². The molecule has 2 nitrogen and oxygen atoms in total. The summed E-state index contributed by atoms with van der Waals surface area (Å²) in [6, 6.07) is 6.35. The van der Waals surface area contributed by atoms with Gasteiger partial charge in [-0.2, -0.15) is 0 Å². The van der Waals surface area contributed by atoms with Crippen LogP contribution in [-0.2, 0) is 11.2 Å². The zero-order chi connectivity index (χ0) is 10.9. The molecular weight excluding hydrogens is 193 g/mol. The van der Waals surface area contributed by atoms with Crippen LogP contribution in [0.1, 0.15) is 24.8 Å². The fourth-order valence-electron chi connectivity index (χ4n) is 1.83. The van der Waals surface area contributed by atoms with E-state index >= 15 is 0 Å². The second-order valence-corrected chi connectivity index (χ2v) is 4.20. The first-order valence-corrected chi connectivity index (χ1v) is 5.17. The highest BCUT2D eigenvalue weighted by atomic mass is 19.1. The molecule has 1 saturated carbocycles. The van der Waals surface area contributed by atoms with Gasteiger partial charge in [0.25, 0.3) is 0 Å². The molecule has 0 radical (unpaired) electrons. The van der Waals surface area contributed by atoms with Crippen molar-refractivity contribution in [3.05, 3.63) is 35.6 Å². The molecule has 1 fully saturated rings. The summed E-state index contributed by atoms with van der Waals surface area (Å²) in [5.41, 5.74) is 5.64. The second kappa shape index (κ2) is 3.74. The van der Waals surface area contributed by atoms with E-state index in [1.807, 2.05) is 0 Å². The zero-order valence-electron chi connectivity index (χ0n) is 8.50. The van der Waals surface area contributed by atoms with E-state index in [0.29, 0.717) is 5.56 Å². The number of benzene rings is 1. The third-order valence-corrected chi connectivity index (χ3v) is 3.11. The van der Waals surface area contributed by atoms with Crippen LogP contribution in [0, 0.1) is 5.82 Å². The van der Waals surface area contributed by atoms with Crippen molar-refractivity contribution in [3.63, 3.8) is 0 Å². The van der Waals surface area contributed by atoms with Crippen LogP contribution in [0.3, 0.4) is 0 Å². The summed E-state index contributed by atoms with van der Waals surface area (Å²) < 4.78 is 13.3. The molecule has 0 heterocycles. The van der Waals surface area contributed by atoms with Gasteiger partial charge in [0, 0.05) is 6.42 Å². The first-order chi connectivity index (χ1) is 7.12. The zero-order valence-corrected chi connectivity index (χ0v) is 8.50. The first kappa shape index (κ1) is 10.3. The molecule has 0 saturated heterocycles. The van der Waals surface area contributed by atoms with Crippen molar-refractivity contribution >= 4 is 5.78 Å². The first-order valence-electron chi connectivity index (χ1n) is 5.17. The molecule has 80 valence electrons. The fourth-order valence-corrected chi connectivity index (χ4v) is 1.83. The van der Waals surface area contributed by atoms with E-state index < -0.39 is 5.54 Å². The molecule has 3 heteroatoms. The van der Waals surface area contributed by atoms with Crippen molar-refractivity contribution in [1.82, 2.24) is 0 Å². The number of nitrogens with two attached hydrogens (primary N) is 1. The molecule has 0 bridgehead atoms. The number of rotatable bonds is 3. The lowest BCUT2D eigenvalue weighted by atomic mass is 9.73. The van der Waals surface area contributed by atoms with Gasteiger partial charge in [0.05, 0.1) is 5.54 Å². The van der Waals surface area contributed by atoms with E-state index in [1.165, 1.54) is 6.07 Å². The summed E-state index contributed by atoms with van der Waals surface area (Å²) >= 11 is 0. The number of hydrogen-bond acceptors (Lipinski definition) is 2. The third kappa shape index (κ3) is 1.92. The maximum atomic E-state index is 13.3. The monoisotopic (exact) mass is 207 g/mol. The number of carbonyl (C=O) groups is 1. The smallest absolute Gasteiger partial charge is 0.157 e. The third-order valence-electron chi connectivity index (χ3n) is 3.11. The lowest BCUT2D eigenvalue weighted by Crippen LogP contribution is -2.54. The highest BCUT2D eigenvalue weighted by Crippen LogP contribution is 2.31. The average Bonchev–Trinajstić information content (AvgIpc) is 2.18. The van der Waals surface area contributed by atoms with Crippen molar-refractivity contribution in [3.8, 4) is 0 Å². The Labute approximate surface area is 88.3 Å². The van der Waals surface area contributed by atoms with Gasteiger partial charge in [-0.3, -0.25) is 4.79 Å². The maximum absolute atomic E-state index is 13.3. The Kier molecular flexibility index (Phi) is 2.57. The van der Waals surface area contributed by atoms with Gasteiger partial charge < -0.3 is 5.73 Å². The van der Waals surface area contributed by atoms with Gasteiger partial charge in [-0.05, 0) is 30.9 Å². The summed E-state index contributed by atoms with van der Waals surface area (Å²) in [4.78, 5) is 11.8. The van der Waals surface area contributed by atoms with E-state index in [1.54, 1.807) is 18.2 Å². The standard InChI is InChI=1S/C12H14FNO/c13-10-5-2-1-4-9(10)8-11(15)12(14)6-3-7-12/h1-2,4-5H,3,6-8,14H2. The highest BCUT2D eigenvalue weighted by molar-refractivity contribution is 5.90. The van der Waals surface area contributed by atoms with Gasteiger partial charge in [0.2, 0.25) is 0 Å². The van der Waals surface area contributed by atoms with Crippen molar-refractivity contribution in [2.45, 2.75) is 31.2 Å². The number of hydrogen-bond donors (Lipinski definition) is 1. The van der Waals surface area contributed by atoms with Crippen LogP contribution in [0.25, 0.3) is 0 Å². The molecule has 1 aliphatic rings. The SMILES string of the molecule is NC1(C(=O)Cc2ccccc2F)CCC1. The number of halogens is 1. The Balaban J connectivity index is 2.09. The largest absolute Gasteiger partial charge is 0.319 e. The quantitative estimate of drug-likeness (QED) is 0.821. The van der Waals surface area contributed by atoms with Crippen molar-refractivity contribution in [2.24, 2.45) is 5.73 Å². The number of ketones is 1. The molecule has 0 amide bonds. The Morgan fingerprint density at radius 3 is 2.60 bits per heavy atom. The van der Waals surface area contributed by atoms with Crippen LogP contribution in [-0.4, -0.2) is 11.3 Å². The average molecular weight is 207 g/mol. The summed E-state index contributed by atoms with van der Waals surface area (Å²) in [6.45, 7) is 0. The number of Topliss-reactive ketones (excluding diaryl/α,β-unsaturated/α-hetero) is 1. The molecule has 1 aromatic carbocycles. The lowest BCUT2D eigenvalue weighted by Gasteiger charge is -2.36. The van der Waals surface area contributed by atoms with Gasteiger partial charge in [-0.15, -0.1) is 0 Å². The normalized spacial score (nSPS) is 18.3. The predicted molar refractivity (Wildman–Crippen MR) is 55.9 cm³/mol. The van der Waals surface area contributed by atoms with E-state index in [0.717, 1.165) is 19.3 Å². The molecule has 0 aromatic heterocycles. The van der Waals surface area contributed by atoms with E-state index in [9.17, 15) is 9.18 Å². The molecule has 1 aromatic rings. The Hall–Kier alpha value is -1.22. The van der Waals surface area contributed by atoms with Crippen LogP contribution >= 0.6 is 0 Å². The highest BCUT2D eigenvalue weighted by Gasteiger charge is 2.39. The lowest BCUT2D eigenvalue weighted by molar-refractivity contribution is -0.126. The molecule has 0 spiro atoms. The molecule has 0 aliphatic heterocycles. The molecule has 0 unspecified atom stereocenters. The van der Waals surface area contributed by atoms with E-state index in [4.69, 9.17) is 5.73 Å². The van der Waals surface area contributed by atoms with Gasteiger partial charge in [-0.25, -0.2) is 4.39 Å². The molecule has 2 rings (SSSR count). The molecule has 0 atom stereocenters. The van der Waals surface area contributed by atoms with Gasteiger partial charge in [-0.1, -0.05) is 18.2 Å². The molecule has 1 aliphatic carbocycles. The summed E-state index contributed by atoms with van der Waals surface area (Å²) in [5.74, 6) is -0.368. The Morgan fingerprint density at radius 1 is 1.40 bits per heavy atom. The fraction of sp³-hybridized carbons (Fsp3) is 0.417. The van der Waals surface area contributed by atoms with E-state index in [2.05, 4.69) is 0 Å². The molecule has 15 heavy (non-hydrogen) atoms. The van der Waals surface area contributed by atoms with Crippen molar-refractivity contribution in [1.29, 1.82) is 0 Å². The molecular formula is C12H14FNO. The summed E-state index contributed by atoms with van der Waals surface area (Å²) in [5, 5.41) is 0. The summed E-state index contributed by atoms with van der Waals surface area (Å²) in [6.07, 6.45) is 2.59. The molecule has 2 N–H and O–H groups in total. The Bertz CT molecular complexity index is 385. The number of carbonyl (C=O) groups excluding carboxylic acids is 1. The maximum Gasteiger partial charge on any atom is 0.157 e. The van der Waals surface area contributed by atoms with Gasteiger partial charge in [0.1, 0.15) is 5.82 Å². The minimum atomic E-state index is -0.678. The minimum Gasteiger partial charge on any atom is -0.319 e. The topological polar surface area (TPSA) is 43.1 Å². The van der Waals surface area contributed by atoms with Crippen molar-refractivity contribution < 1.29 is 9.18 Å². The van der Waals surface area contributed by atoms with Crippen LogP contribution in [0.5, 0.6) is 0 Å². The second-order valence-electron chi connectivity index (χ2n) is 4.20. The van der Waals surface area contributed by atoms with Gasteiger partial charge in [0.15, 0.2) is 5.78 Å². The van der Waals surface area contributed by atoms with Crippen LogP contribution in [0.2, 0.25) is 0 Å². The van der Waals surface area contributed by atoms with Crippen LogP contribution in [0.4, 0.5) is 4.39 Å². The Morgan fingerprint density at radius 2 is 2.07 bits per heavy atom. The van der Waals surface area contributed by atoms with Crippen LogP contribution < -0.4 is 5.73 Å². The van der Waals surface area contributed by atoms with Crippen molar-refractivity contribution in [2.75, 3.05) is 0 Å².